The summed E-state index contributed by atoms with van der Waals surface area (Å²) in [4.78, 5) is 12.3. The molecule has 1 amide bonds. The summed E-state index contributed by atoms with van der Waals surface area (Å²) in [5.41, 5.74) is 0.332. The van der Waals surface area contributed by atoms with Crippen molar-refractivity contribution in [2.75, 3.05) is 31.6 Å². The number of thioether (sulfide) groups is 1. The molecule has 1 aliphatic heterocycles. The van der Waals surface area contributed by atoms with Gasteiger partial charge in [-0.25, -0.2) is 8.42 Å². The maximum absolute atomic E-state index is 12.8. The fourth-order valence-electron chi connectivity index (χ4n) is 2.73. The Labute approximate surface area is 153 Å². The number of hydrogen-bond acceptors (Lipinski definition) is 5. The molecule has 6 nitrogen and oxygen atoms in total. The van der Waals surface area contributed by atoms with E-state index in [-0.39, 0.29) is 23.3 Å². The first-order valence-corrected chi connectivity index (χ1v) is 11.1. The quantitative estimate of drug-likeness (QED) is 0.731. The highest BCUT2D eigenvalue weighted by Gasteiger charge is 2.30. The molecule has 1 saturated heterocycles. The first-order chi connectivity index (χ1) is 12.0. The van der Waals surface area contributed by atoms with Gasteiger partial charge in [-0.2, -0.15) is 21.3 Å². The van der Waals surface area contributed by atoms with Crippen molar-refractivity contribution in [3.8, 4) is 6.07 Å². The Kier molecular flexibility index (Phi) is 7.29. The fourth-order valence-corrected chi connectivity index (χ4v) is 4.74. The molecule has 1 aromatic rings. The van der Waals surface area contributed by atoms with E-state index in [0.717, 1.165) is 18.6 Å². The molecule has 0 aliphatic carbocycles. The third kappa shape index (κ3) is 5.21. The van der Waals surface area contributed by atoms with Gasteiger partial charge in [0.15, 0.2) is 0 Å². The van der Waals surface area contributed by atoms with Gasteiger partial charge in [0.25, 0.3) is 5.91 Å². The molecule has 1 unspecified atom stereocenters. The SMILES string of the molecule is CSCCCNC(=O)c1cccc(S(=O)(=O)N2CCCC(C#N)C2)c1. The molecule has 2 rings (SSSR count). The average Bonchev–Trinajstić information content (AvgIpc) is 2.65. The summed E-state index contributed by atoms with van der Waals surface area (Å²) in [6.07, 6.45) is 4.27. The Balaban J connectivity index is 2.11. The lowest BCUT2D eigenvalue weighted by molar-refractivity contribution is 0.0953. The maximum Gasteiger partial charge on any atom is 0.251 e. The minimum absolute atomic E-state index is 0.0999. The monoisotopic (exact) mass is 381 g/mol. The van der Waals surface area contributed by atoms with Gasteiger partial charge in [0.1, 0.15) is 0 Å². The van der Waals surface area contributed by atoms with Crippen LogP contribution >= 0.6 is 11.8 Å². The molecule has 1 aliphatic rings. The Hall–Kier alpha value is -1.56. The van der Waals surface area contributed by atoms with Crippen molar-refractivity contribution in [3.63, 3.8) is 0 Å². The van der Waals surface area contributed by atoms with Gasteiger partial charge in [-0.15, -0.1) is 0 Å². The van der Waals surface area contributed by atoms with Crippen molar-refractivity contribution in [2.45, 2.75) is 24.2 Å². The third-order valence-electron chi connectivity index (χ3n) is 4.11. The van der Waals surface area contributed by atoms with Crippen molar-refractivity contribution < 1.29 is 13.2 Å². The van der Waals surface area contributed by atoms with E-state index in [2.05, 4.69) is 11.4 Å². The zero-order valence-electron chi connectivity index (χ0n) is 14.3. The summed E-state index contributed by atoms with van der Waals surface area (Å²) in [6, 6.07) is 8.24. The minimum Gasteiger partial charge on any atom is -0.352 e. The first kappa shape index (κ1) is 19.8. The molecular weight excluding hydrogens is 358 g/mol. The molecule has 136 valence electrons. The van der Waals surface area contributed by atoms with E-state index in [0.29, 0.717) is 25.1 Å². The van der Waals surface area contributed by atoms with Crippen LogP contribution in [0.15, 0.2) is 29.2 Å². The van der Waals surface area contributed by atoms with Crippen molar-refractivity contribution in [1.82, 2.24) is 9.62 Å². The molecular formula is C17H23N3O3S2. The molecule has 0 saturated carbocycles. The highest BCUT2D eigenvalue weighted by Crippen LogP contribution is 2.24. The number of hydrogen-bond donors (Lipinski definition) is 1. The summed E-state index contributed by atoms with van der Waals surface area (Å²) in [7, 11) is -3.69. The van der Waals surface area contributed by atoms with E-state index in [9.17, 15) is 13.2 Å². The van der Waals surface area contributed by atoms with E-state index < -0.39 is 10.0 Å². The second kappa shape index (κ2) is 9.22. The van der Waals surface area contributed by atoms with Gasteiger partial charge in [-0.1, -0.05) is 6.07 Å². The molecule has 0 aromatic heterocycles. The average molecular weight is 382 g/mol. The summed E-state index contributed by atoms with van der Waals surface area (Å²) in [5, 5.41) is 11.9. The summed E-state index contributed by atoms with van der Waals surface area (Å²) >= 11 is 1.71. The number of carbonyl (C=O) groups is 1. The van der Waals surface area contributed by atoms with Gasteiger partial charge in [0.05, 0.1) is 16.9 Å². The highest BCUT2D eigenvalue weighted by molar-refractivity contribution is 7.98. The number of nitrogens with one attached hydrogen (secondary N) is 1. The smallest absolute Gasteiger partial charge is 0.251 e. The zero-order chi connectivity index (χ0) is 18.3. The molecule has 0 spiro atoms. The number of nitriles is 1. The second-order valence-corrected chi connectivity index (χ2v) is 8.88. The summed E-state index contributed by atoms with van der Waals surface area (Å²) in [5.74, 6) is 0.419. The number of piperidine rings is 1. The Bertz CT molecular complexity index is 744. The molecule has 1 aromatic carbocycles. The van der Waals surface area contributed by atoms with Gasteiger partial charge in [-0.05, 0) is 49.5 Å². The van der Waals surface area contributed by atoms with Crippen LogP contribution in [0.3, 0.4) is 0 Å². The maximum atomic E-state index is 12.8. The van der Waals surface area contributed by atoms with E-state index >= 15 is 0 Å². The molecule has 1 atom stereocenters. The van der Waals surface area contributed by atoms with Crippen molar-refractivity contribution in [2.24, 2.45) is 5.92 Å². The van der Waals surface area contributed by atoms with E-state index in [1.807, 2.05) is 6.26 Å². The molecule has 0 radical (unpaired) electrons. The molecule has 0 bridgehead atoms. The molecule has 1 fully saturated rings. The lowest BCUT2D eigenvalue weighted by Gasteiger charge is -2.28. The van der Waals surface area contributed by atoms with Crippen LogP contribution in [-0.2, 0) is 10.0 Å². The highest BCUT2D eigenvalue weighted by atomic mass is 32.2. The molecule has 1 heterocycles. The van der Waals surface area contributed by atoms with Crippen LogP contribution in [0.2, 0.25) is 0 Å². The van der Waals surface area contributed by atoms with E-state index in [4.69, 9.17) is 5.26 Å². The number of nitrogens with zero attached hydrogens (tertiary/aromatic N) is 2. The fraction of sp³-hybridized carbons (Fsp3) is 0.529. The van der Waals surface area contributed by atoms with Gasteiger partial charge >= 0.3 is 0 Å². The molecule has 8 heteroatoms. The standard InChI is InChI=1S/C17H23N3O3S2/c1-24-10-4-8-19-17(21)15-6-2-7-16(11-15)25(22,23)20-9-3-5-14(12-18)13-20/h2,6-7,11,14H,3-5,8-10,13H2,1H3,(H,19,21). The number of carbonyl (C=O) groups excluding carboxylic acids is 1. The number of amides is 1. The van der Waals surface area contributed by atoms with Crippen LogP contribution in [-0.4, -0.2) is 50.3 Å². The topological polar surface area (TPSA) is 90.3 Å². The van der Waals surface area contributed by atoms with Gasteiger partial charge < -0.3 is 5.32 Å². The van der Waals surface area contributed by atoms with Crippen LogP contribution in [0, 0.1) is 17.2 Å². The van der Waals surface area contributed by atoms with Crippen LogP contribution in [0.4, 0.5) is 0 Å². The Morgan fingerprint density at radius 1 is 1.48 bits per heavy atom. The first-order valence-electron chi connectivity index (χ1n) is 8.26. The zero-order valence-corrected chi connectivity index (χ0v) is 15.9. The van der Waals surface area contributed by atoms with E-state index in [1.54, 1.807) is 23.9 Å². The van der Waals surface area contributed by atoms with Crippen LogP contribution in [0.5, 0.6) is 0 Å². The predicted molar refractivity (Wildman–Crippen MR) is 98.9 cm³/mol. The van der Waals surface area contributed by atoms with Crippen molar-refractivity contribution >= 4 is 27.7 Å². The van der Waals surface area contributed by atoms with Gasteiger partial charge in [-0.3, -0.25) is 4.79 Å². The van der Waals surface area contributed by atoms with Crippen LogP contribution in [0.1, 0.15) is 29.6 Å². The normalized spacial score (nSPS) is 18.5. The van der Waals surface area contributed by atoms with Crippen LogP contribution < -0.4 is 5.32 Å². The van der Waals surface area contributed by atoms with Gasteiger partial charge in [0, 0.05) is 25.2 Å². The minimum atomic E-state index is -3.69. The van der Waals surface area contributed by atoms with Crippen molar-refractivity contribution in [1.29, 1.82) is 5.26 Å². The van der Waals surface area contributed by atoms with Crippen molar-refractivity contribution in [3.05, 3.63) is 29.8 Å². The molecule has 25 heavy (non-hydrogen) atoms. The lowest BCUT2D eigenvalue weighted by Crippen LogP contribution is -2.39. The van der Waals surface area contributed by atoms with Gasteiger partial charge in [0.2, 0.25) is 10.0 Å². The second-order valence-electron chi connectivity index (χ2n) is 5.96. The molecule has 1 N–H and O–H groups in total. The lowest BCUT2D eigenvalue weighted by atomic mass is 10.0. The Morgan fingerprint density at radius 3 is 3.00 bits per heavy atom. The van der Waals surface area contributed by atoms with Crippen LogP contribution in [0.25, 0.3) is 0 Å². The number of rotatable bonds is 7. The summed E-state index contributed by atoms with van der Waals surface area (Å²) in [6.45, 7) is 1.18. The number of benzene rings is 1. The Morgan fingerprint density at radius 2 is 2.28 bits per heavy atom. The predicted octanol–water partition coefficient (Wildman–Crippen LogP) is 2.09. The largest absolute Gasteiger partial charge is 0.352 e. The number of sulfonamides is 1. The summed E-state index contributed by atoms with van der Waals surface area (Å²) < 4.78 is 27.0. The van der Waals surface area contributed by atoms with E-state index in [1.165, 1.54) is 16.4 Å². The third-order valence-corrected chi connectivity index (χ3v) is 6.67.